The Morgan fingerprint density at radius 2 is 1.93 bits per heavy atom. The Labute approximate surface area is 175 Å². The molecule has 0 spiro atoms. The summed E-state index contributed by atoms with van der Waals surface area (Å²) >= 11 is 4.85. The minimum Gasteiger partial charge on any atom is -0.486 e. The first-order valence-electron chi connectivity index (χ1n) is 8.76. The van der Waals surface area contributed by atoms with Crippen molar-refractivity contribution in [3.8, 4) is 17.2 Å². The fourth-order valence-corrected chi connectivity index (χ4v) is 3.90. The number of halogens is 1. The van der Waals surface area contributed by atoms with Crippen LogP contribution in [-0.4, -0.2) is 33.9 Å². The van der Waals surface area contributed by atoms with Gasteiger partial charge in [0, 0.05) is 34.3 Å². The number of carbonyl (C=O) groups excluding carboxylic acids is 1. The summed E-state index contributed by atoms with van der Waals surface area (Å²) < 4.78 is 14.0. The second kappa shape index (κ2) is 8.28. The highest BCUT2D eigenvalue weighted by molar-refractivity contribution is 9.10. The number of nitrogens with one attached hydrogen (secondary N) is 1. The number of imidazole rings is 1. The SMILES string of the molecule is CC(Sc1nccn1-c1ccc(Br)cc1)C(=O)Nc1ccc2c(c1)OCCO2. The number of nitrogens with zero attached hydrogens (tertiary/aromatic N) is 2. The summed E-state index contributed by atoms with van der Waals surface area (Å²) in [4.78, 5) is 17.1. The van der Waals surface area contributed by atoms with E-state index in [0.717, 1.165) is 15.3 Å². The Bertz CT molecular complexity index is 991. The summed E-state index contributed by atoms with van der Waals surface area (Å²) in [6.45, 7) is 2.91. The van der Waals surface area contributed by atoms with Gasteiger partial charge < -0.3 is 14.8 Å². The molecule has 3 aromatic rings. The Morgan fingerprint density at radius 1 is 1.18 bits per heavy atom. The van der Waals surface area contributed by atoms with E-state index in [1.165, 1.54) is 11.8 Å². The fourth-order valence-electron chi connectivity index (χ4n) is 2.75. The predicted octanol–water partition coefficient (Wildman–Crippen LogP) is 4.53. The second-order valence-corrected chi connectivity index (χ2v) is 8.39. The van der Waals surface area contributed by atoms with Gasteiger partial charge in [-0.25, -0.2) is 4.98 Å². The molecule has 4 rings (SSSR count). The van der Waals surface area contributed by atoms with E-state index in [1.807, 2.05) is 54.1 Å². The van der Waals surface area contributed by atoms with Gasteiger partial charge >= 0.3 is 0 Å². The number of ether oxygens (including phenoxy) is 2. The Hall–Kier alpha value is -2.45. The van der Waals surface area contributed by atoms with Gasteiger partial charge in [-0.15, -0.1) is 0 Å². The molecule has 1 aliphatic heterocycles. The van der Waals surface area contributed by atoms with Crippen LogP contribution in [0.2, 0.25) is 0 Å². The third kappa shape index (κ3) is 4.18. The molecule has 0 aliphatic carbocycles. The Morgan fingerprint density at radius 3 is 2.71 bits per heavy atom. The number of aromatic nitrogens is 2. The van der Waals surface area contributed by atoms with Gasteiger partial charge in [0.1, 0.15) is 13.2 Å². The minimum absolute atomic E-state index is 0.105. The lowest BCUT2D eigenvalue weighted by molar-refractivity contribution is -0.115. The maximum absolute atomic E-state index is 12.7. The zero-order chi connectivity index (χ0) is 19.5. The van der Waals surface area contributed by atoms with E-state index in [0.29, 0.717) is 30.4 Å². The van der Waals surface area contributed by atoms with Gasteiger partial charge in [0.25, 0.3) is 0 Å². The molecule has 0 fully saturated rings. The Balaban J connectivity index is 1.44. The van der Waals surface area contributed by atoms with Crippen molar-refractivity contribution in [1.29, 1.82) is 0 Å². The number of thioether (sulfide) groups is 1. The maximum Gasteiger partial charge on any atom is 0.237 e. The van der Waals surface area contributed by atoms with Gasteiger partial charge in [0.2, 0.25) is 5.91 Å². The van der Waals surface area contributed by atoms with Gasteiger partial charge in [0.05, 0.1) is 5.25 Å². The van der Waals surface area contributed by atoms with Crippen LogP contribution in [0.3, 0.4) is 0 Å². The lowest BCUT2D eigenvalue weighted by Gasteiger charge is -2.19. The van der Waals surface area contributed by atoms with Gasteiger partial charge in [-0.1, -0.05) is 27.7 Å². The summed E-state index contributed by atoms with van der Waals surface area (Å²) in [5.41, 5.74) is 1.67. The third-order valence-corrected chi connectivity index (χ3v) is 5.78. The number of amides is 1. The first-order chi connectivity index (χ1) is 13.6. The van der Waals surface area contributed by atoms with Crippen LogP contribution in [0.1, 0.15) is 6.92 Å². The molecule has 2 heterocycles. The van der Waals surface area contributed by atoms with Crippen LogP contribution in [0.5, 0.6) is 11.5 Å². The summed E-state index contributed by atoms with van der Waals surface area (Å²) in [5, 5.41) is 3.36. The normalized spacial score (nSPS) is 13.8. The average Bonchev–Trinajstić information content (AvgIpc) is 3.16. The fraction of sp³-hybridized carbons (Fsp3) is 0.200. The molecule has 1 aliphatic rings. The van der Waals surface area contributed by atoms with Crippen molar-refractivity contribution < 1.29 is 14.3 Å². The molecule has 2 aromatic carbocycles. The number of rotatable bonds is 5. The van der Waals surface area contributed by atoms with Crippen molar-refractivity contribution in [3.05, 3.63) is 59.3 Å². The number of fused-ring (bicyclic) bond motifs is 1. The van der Waals surface area contributed by atoms with Crippen molar-refractivity contribution in [2.45, 2.75) is 17.3 Å². The average molecular weight is 460 g/mol. The smallest absolute Gasteiger partial charge is 0.237 e. The molecule has 1 atom stereocenters. The summed E-state index contributed by atoms with van der Waals surface area (Å²) in [5.74, 6) is 1.24. The molecule has 1 amide bonds. The number of hydrogen-bond donors (Lipinski definition) is 1. The maximum atomic E-state index is 12.7. The number of benzene rings is 2. The van der Waals surface area contributed by atoms with Crippen LogP contribution in [0.15, 0.2) is 64.5 Å². The molecule has 0 bridgehead atoms. The van der Waals surface area contributed by atoms with Gasteiger partial charge in [-0.2, -0.15) is 0 Å². The lowest BCUT2D eigenvalue weighted by Crippen LogP contribution is -2.23. The van der Waals surface area contributed by atoms with Crippen LogP contribution in [0, 0.1) is 0 Å². The van der Waals surface area contributed by atoms with Crippen LogP contribution in [-0.2, 0) is 4.79 Å². The first-order valence-corrected chi connectivity index (χ1v) is 10.4. The molecule has 0 saturated heterocycles. The number of hydrogen-bond acceptors (Lipinski definition) is 5. The summed E-state index contributed by atoms with van der Waals surface area (Å²) in [6.07, 6.45) is 3.62. The molecule has 0 radical (unpaired) electrons. The van der Waals surface area contributed by atoms with E-state index in [2.05, 4.69) is 26.2 Å². The molecule has 0 saturated carbocycles. The van der Waals surface area contributed by atoms with E-state index in [-0.39, 0.29) is 11.2 Å². The highest BCUT2D eigenvalue weighted by Gasteiger charge is 2.19. The molecular weight excluding hydrogens is 442 g/mol. The largest absolute Gasteiger partial charge is 0.486 e. The van der Waals surface area contributed by atoms with Crippen LogP contribution >= 0.6 is 27.7 Å². The third-order valence-electron chi connectivity index (χ3n) is 4.17. The van der Waals surface area contributed by atoms with Crippen molar-refractivity contribution in [1.82, 2.24) is 9.55 Å². The second-order valence-electron chi connectivity index (χ2n) is 6.16. The highest BCUT2D eigenvalue weighted by atomic mass is 79.9. The van der Waals surface area contributed by atoms with Gasteiger partial charge in [-0.05, 0) is 43.3 Å². The van der Waals surface area contributed by atoms with E-state index in [4.69, 9.17) is 9.47 Å². The van der Waals surface area contributed by atoms with Crippen molar-refractivity contribution in [2.75, 3.05) is 18.5 Å². The van der Waals surface area contributed by atoms with Crippen LogP contribution in [0.4, 0.5) is 5.69 Å². The van der Waals surface area contributed by atoms with E-state index >= 15 is 0 Å². The van der Waals surface area contributed by atoms with Crippen LogP contribution < -0.4 is 14.8 Å². The van der Waals surface area contributed by atoms with Crippen molar-refractivity contribution >= 4 is 39.3 Å². The van der Waals surface area contributed by atoms with E-state index in [1.54, 1.807) is 12.3 Å². The first kappa shape index (κ1) is 18.9. The molecule has 144 valence electrons. The molecule has 1 unspecified atom stereocenters. The summed E-state index contributed by atoms with van der Waals surface area (Å²) in [7, 11) is 0. The lowest BCUT2D eigenvalue weighted by atomic mass is 10.2. The van der Waals surface area contributed by atoms with Gasteiger partial charge in [-0.3, -0.25) is 9.36 Å². The predicted molar refractivity (Wildman–Crippen MR) is 113 cm³/mol. The highest BCUT2D eigenvalue weighted by Crippen LogP contribution is 2.33. The van der Waals surface area contributed by atoms with Crippen molar-refractivity contribution in [3.63, 3.8) is 0 Å². The Kier molecular flexibility index (Phi) is 5.59. The number of carbonyl (C=O) groups is 1. The standard InChI is InChI=1S/C20H18BrN3O3S/c1-13(19(25)23-15-4-7-17-18(12-15)27-11-10-26-17)28-20-22-8-9-24(20)16-5-2-14(21)3-6-16/h2-9,12-13H,10-11H2,1H3,(H,23,25). The molecule has 1 N–H and O–H groups in total. The molecular formula is C20H18BrN3O3S. The minimum atomic E-state index is -0.329. The van der Waals surface area contributed by atoms with Crippen molar-refractivity contribution in [2.24, 2.45) is 0 Å². The van der Waals surface area contributed by atoms with E-state index < -0.39 is 0 Å². The van der Waals surface area contributed by atoms with Crippen LogP contribution in [0.25, 0.3) is 5.69 Å². The molecule has 6 nitrogen and oxygen atoms in total. The zero-order valence-electron chi connectivity index (χ0n) is 15.1. The zero-order valence-corrected chi connectivity index (χ0v) is 17.5. The quantitative estimate of drug-likeness (QED) is 0.567. The molecule has 28 heavy (non-hydrogen) atoms. The molecule has 8 heteroatoms. The topological polar surface area (TPSA) is 65.4 Å². The monoisotopic (exact) mass is 459 g/mol. The molecule has 1 aromatic heterocycles. The van der Waals surface area contributed by atoms with Gasteiger partial charge in [0.15, 0.2) is 16.7 Å². The van der Waals surface area contributed by atoms with E-state index in [9.17, 15) is 4.79 Å². The summed E-state index contributed by atoms with van der Waals surface area (Å²) in [6, 6.07) is 13.3. The number of anilines is 1.